The van der Waals surface area contributed by atoms with Gasteiger partial charge in [0, 0.05) is 22.4 Å². The number of hydrogen-bond donors (Lipinski definition) is 1. The van der Waals surface area contributed by atoms with Gasteiger partial charge in [-0.05, 0) is 59.0 Å². The van der Waals surface area contributed by atoms with Crippen molar-refractivity contribution in [2.24, 2.45) is 0 Å². The average molecular weight is 333 g/mol. The summed E-state index contributed by atoms with van der Waals surface area (Å²) in [6.45, 7) is 2.11. The van der Waals surface area contributed by atoms with E-state index in [2.05, 4.69) is 38.8 Å². The quantitative estimate of drug-likeness (QED) is 0.884. The van der Waals surface area contributed by atoms with E-state index in [1.807, 2.05) is 30.5 Å². The zero-order chi connectivity index (χ0) is 14.1. The predicted octanol–water partition coefficient (Wildman–Crippen LogP) is 4.40. The van der Waals surface area contributed by atoms with Gasteiger partial charge >= 0.3 is 0 Å². The fourth-order valence-corrected chi connectivity index (χ4v) is 2.78. The highest BCUT2D eigenvalue weighted by atomic mass is 79.9. The zero-order valence-electron chi connectivity index (χ0n) is 11.4. The number of aromatic nitrogens is 1. The second-order valence-corrected chi connectivity index (χ2v) is 6.11. The van der Waals surface area contributed by atoms with E-state index in [-0.39, 0.29) is 5.91 Å². The number of halogens is 1. The second kappa shape index (κ2) is 5.44. The summed E-state index contributed by atoms with van der Waals surface area (Å²) in [5.41, 5.74) is 2.80. The van der Waals surface area contributed by atoms with Gasteiger partial charge in [-0.3, -0.25) is 4.79 Å². The van der Waals surface area contributed by atoms with Crippen LogP contribution in [0.4, 0.5) is 5.69 Å². The number of aryl methyl sites for hydroxylation is 1. The highest BCUT2D eigenvalue weighted by Gasteiger charge is 2.27. The van der Waals surface area contributed by atoms with Crippen LogP contribution in [-0.4, -0.2) is 10.5 Å². The molecule has 20 heavy (non-hydrogen) atoms. The van der Waals surface area contributed by atoms with E-state index in [0.717, 1.165) is 35.1 Å². The van der Waals surface area contributed by atoms with Gasteiger partial charge < -0.3 is 9.88 Å². The Morgan fingerprint density at radius 3 is 2.90 bits per heavy atom. The molecule has 0 atom stereocenters. The smallest absolute Gasteiger partial charge is 0.272 e. The maximum Gasteiger partial charge on any atom is 0.272 e. The van der Waals surface area contributed by atoms with Crippen LogP contribution in [-0.2, 0) is 6.42 Å². The first kappa shape index (κ1) is 13.4. The molecule has 0 aliphatic heterocycles. The Morgan fingerprint density at radius 1 is 1.40 bits per heavy atom. The number of rotatable bonds is 4. The molecule has 4 heteroatoms. The number of carbonyl (C=O) groups is 1. The summed E-state index contributed by atoms with van der Waals surface area (Å²) < 4.78 is 3.03. The van der Waals surface area contributed by atoms with Crippen molar-refractivity contribution < 1.29 is 4.79 Å². The Hall–Kier alpha value is -1.55. The van der Waals surface area contributed by atoms with Crippen LogP contribution in [0.2, 0.25) is 0 Å². The lowest BCUT2D eigenvalue weighted by atomic mass is 10.1. The molecule has 0 bridgehead atoms. The standard InChI is InChI=1S/C16H17BrN2O/c1-2-11-4-3-5-13(8-11)18-16(20)15-9-12(17)10-19(15)14-6-7-14/h3-5,8-10,14H,2,6-7H2,1H3,(H,18,20). The van der Waals surface area contributed by atoms with E-state index < -0.39 is 0 Å². The largest absolute Gasteiger partial charge is 0.339 e. The van der Waals surface area contributed by atoms with Gasteiger partial charge in [0.25, 0.3) is 5.91 Å². The molecular weight excluding hydrogens is 316 g/mol. The first-order valence-corrected chi connectivity index (χ1v) is 7.74. The molecule has 0 saturated heterocycles. The number of amides is 1. The fourth-order valence-electron chi connectivity index (χ4n) is 2.35. The normalized spacial score (nSPS) is 14.3. The van der Waals surface area contributed by atoms with Crippen LogP contribution in [0.25, 0.3) is 0 Å². The third-order valence-electron chi connectivity index (χ3n) is 3.58. The van der Waals surface area contributed by atoms with Crippen LogP contribution in [0.5, 0.6) is 0 Å². The van der Waals surface area contributed by atoms with Crippen molar-refractivity contribution in [3.63, 3.8) is 0 Å². The number of benzene rings is 1. The summed E-state index contributed by atoms with van der Waals surface area (Å²) >= 11 is 3.45. The number of anilines is 1. The first-order chi connectivity index (χ1) is 9.67. The molecule has 0 unspecified atom stereocenters. The zero-order valence-corrected chi connectivity index (χ0v) is 13.0. The van der Waals surface area contributed by atoms with Crippen molar-refractivity contribution in [2.45, 2.75) is 32.2 Å². The molecule has 1 saturated carbocycles. The van der Waals surface area contributed by atoms with E-state index in [1.54, 1.807) is 0 Å². The van der Waals surface area contributed by atoms with Crippen molar-refractivity contribution >= 4 is 27.5 Å². The highest BCUT2D eigenvalue weighted by Crippen LogP contribution is 2.37. The molecule has 1 aliphatic rings. The first-order valence-electron chi connectivity index (χ1n) is 6.95. The molecule has 0 radical (unpaired) electrons. The Balaban J connectivity index is 1.82. The van der Waals surface area contributed by atoms with Crippen LogP contribution in [0.1, 0.15) is 41.9 Å². The fraction of sp³-hybridized carbons (Fsp3) is 0.312. The summed E-state index contributed by atoms with van der Waals surface area (Å²) in [5.74, 6) is -0.0455. The van der Waals surface area contributed by atoms with Crippen molar-refractivity contribution in [3.05, 3.63) is 52.3 Å². The average Bonchev–Trinajstić information content (AvgIpc) is 3.21. The van der Waals surface area contributed by atoms with Crippen LogP contribution in [0.15, 0.2) is 41.0 Å². The SMILES string of the molecule is CCc1cccc(NC(=O)c2cc(Br)cn2C2CC2)c1. The third kappa shape index (κ3) is 2.80. The monoisotopic (exact) mass is 332 g/mol. The van der Waals surface area contributed by atoms with E-state index in [1.165, 1.54) is 5.56 Å². The number of nitrogens with one attached hydrogen (secondary N) is 1. The van der Waals surface area contributed by atoms with Crippen LogP contribution in [0, 0.1) is 0 Å². The summed E-state index contributed by atoms with van der Waals surface area (Å²) in [6, 6.07) is 10.4. The lowest BCUT2D eigenvalue weighted by Gasteiger charge is -2.09. The number of nitrogens with zero attached hydrogens (tertiary/aromatic N) is 1. The molecule has 104 valence electrons. The molecule has 1 N–H and O–H groups in total. The lowest BCUT2D eigenvalue weighted by molar-refractivity contribution is 0.101. The van der Waals surface area contributed by atoms with Crippen LogP contribution < -0.4 is 5.32 Å². The molecule has 0 spiro atoms. The summed E-state index contributed by atoms with van der Waals surface area (Å²) in [6.07, 6.45) is 5.28. The maximum absolute atomic E-state index is 12.4. The van der Waals surface area contributed by atoms with Crippen LogP contribution in [0.3, 0.4) is 0 Å². The van der Waals surface area contributed by atoms with E-state index in [0.29, 0.717) is 6.04 Å². The van der Waals surface area contributed by atoms with Gasteiger partial charge in [0.2, 0.25) is 0 Å². The van der Waals surface area contributed by atoms with Crippen molar-refractivity contribution in [3.8, 4) is 0 Å². The Kier molecular flexibility index (Phi) is 3.66. The molecule has 3 nitrogen and oxygen atoms in total. The summed E-state index contributed by atoms with van der Waals surface area (Å²) in [5, 5.41) is 2.99. The van der Waals surface area contributed by atoms with Crippen molar-refractivity contribution in [1.82, 2.24) is 4.57 Å². The molecule has 1 amide bonds. The molecule has 1 aromatic carbocycles. The number of carbonyl (C=O) groups excluding carboxylic acids is 1. The van der Waals surface area contributed by atoms with E-state index >= 15 is 0 Å². The Labute approximate surface area is 127 Å². The van der Waals surface area contributed by atoms with Gasteiger partial charge in [0.15, 0.2) is 0 Å². The molecule has 1 aromatic heterocycles. The number of hydrogen-bond acceptors (Lipinski definition) is 1. The maximum atomic E-state index is 12.4. The van der Waals surface area contributed by atoms with Crippen molar-refractivity contribution in [1.29, 1.82) is 0 Å². The lowest BCUT2D eigenvalue weighted by Crippen LogP contribution is -2.16. The van der Waals surface area contributed by atoms with Gasteiger partial charge in [0.05, 0.1) is 0 Å². The van der Waals surface area contributed by atoms with E-state index in [9.17, 15) is 4.79 Å². The van der Waals surface area contributed by atoms with Gasteiger partial charge in [-0.15, -0.1) is 0 Å². The van der Waals surface area contributed by atoms with Gasteiger partial charge in [-0.25, -0.2) is 0 Å². The molecule has 1 aliphatic carbocycles. The molecule has 3 rings (SSSR count). The minimum absolute atomic E-state index is 0.0455. The third-order valence-corrected chi connectivity index (χ3v) is 4.01. The van der Waals surface area contributed by atoms with Crippen LogP contribution >= 0.6 is 15.9 Å². The van der Waals surface area contributed by atoms with Gasteiger partial charge in [-0.2, -0.15) is 0 Å². The highest BCUT2D eigenvalue weighted by molar-refractivity contribution is 9.10. The van der Waals surface area contributed by atoms with Gasteiger partial charge in [0.1, 0.15) is 5.69 Å². The minimum Gasteiger partial charge on any atom is -0.339 e. The molecular formula is C16H17BrN2O. The molecule has 1 fully saturated rings. The Bertz CT molecular complexity index is 644. The Morgan fingerprint density at radius 2 is 2.20 bits per heavy atom. The summed E-state index contributed by atoms with van der Waals surface area (Å²) in [7, 11) is 0. The van der Waals surface area contributed by atoms with Gasteiger partial charge in [-0.1, -0.05) is 19.1 Å². The van der Waals surface area contributed by atoms with Crippen molar-refractivity contribution in [2.75, 3.05) is 5.32 Å². The molecule has 1 heterocycles. The van der Waals surface area contributed by atoms with E-state index in [4.69, 9.17) is 0 Å². The summed E-state index contributed by atoms with van der Waals surface area (Å²) in [4.78, 5) is 12.4. The minimum atomic E-state index is -0.0455. The molecule has 2 aromatic rings. The topological polar surface area (TPSA) is 34.0 Å². The second-order valence-electron chi connectivity index (χ2n) is 5.19. The predicted molar refractivity (Wildman–Crippen MR) is 84.2 cm³/mol.